The van der Waals surface area contributed by atoms with Crippen molar-refractivity contribution in [1.82, 2.24) is 4.98 Å². The molecule has 0 aliphatic carbocycles. The van der Waals surface area contributed by atoms with Gasteiger partial charge in [0, 0.05) is 29.9 Å². The number of carbonyl (C=O) groups is 2. The lowest BCUT2D eigenvalue weighted by Crippen LogP contribution is -2.32. The molecule has 106 valence electrons. The SMILES string of the molecule is COC(=O)[C@@H](OC(C)=O)[C@H](C)c1cccc2[nH]ccc12. The van der Waals surface area contributed by atoms with E-state index in [1.54, 1.807) is 0 Å². The van der Waals surface area contributed by atoms with Crippen molar-refractivity contribution >= 4 is 22.8 Å². The maximum absolute atomic E-state index is 11.8. The zero-order valence-electron chi connectivity index (χ0n) is 11.7. The Bertz CT molecular complexity index is 632. The molecule has 5 nitrogen and oxygen atoms in total. The van der Waals surface area contributed by atoms with Crippen LogP contribution in [0.2, 0.25) is 0 Å². The fourth-order valence-corrected chi connectivity index (χ4v) is 2.32. The lowest BCUT2D eigenvalue weighted by Gasteiger charge is -2.22. The van der Waals surface area contributed by atoms with E-state index in [-0.39, 0.29) is 5.92 Å². The molecule has 0 spiro atoms. The molecule has 1 aromatic carbocycles. The highest BCUT2D eigenvalue weighted by Crippen LogP contribution is 2.29. The number of ether oxygens (including phenoxy) is 2. The van der Waals surface area contributed by atoms with Crippen molar-refractivity contribution < 1.29 is 19.1 Å². The number of aromatic nitrogens is 1. The lowest BCUT2D eigenvalue weighted by molar-refractivity contribution is -0.166. The van der Waals surface area contributed by atoms with E-state index in [1.807, 2.05) is 37.4 Å². The standard InChI is InChI=1S/C15H17NO4/c1-9(14(15(18)19-3)20-10(2)17)11-5-4-6-13-12(11)7-8-16-13/h4-9,14,16H,1-3H3/t9-,14+/m1/s1. The van der Waals surface area contributed by atoms with Gasteiger partial charge in [-0.2, -0.15) is 0 Å². The zero-order valence-corrected chi connectivity index (χ0v) is 11.7. The number of H-pyrrole nitrogens is 1. The fraction of sp³-hybridized carbons (Fsp3) is 0.333. The summed E-state index contributed by atoms with van der Waals surface area (Å²) in [5, 5.41) is 1.00. The minimum absolute atomic E-state index is 0.300. The van der Waals surface area contributed by atoms with Crippen LogP contribution < -0.4 is 0 Å². The Morgan fingerprint density at radius 1 is 1.25 bits per heavy atom. The Kier molecular flexibility index (Phi) is 4.08. The van der Waals surface area contributed by atoms with E-state index in [4.69, 9.17) is 9.47 Å². The van der Waals surface area contributed by atoms with Crippen LogP contribution in [0, 0.1) is 0 Å². The number of aromatic amines is 1. The van der Waals surface area contributed by atoms with Gasteiger partial charge in [0.25, 0.3) is 0 Å². The summed E-state index contributed by atoms with van der Waals surface area (Å²) >= 11 is 0. The van der Waals surface area contributed by atoms with E-state index in [1.165, 1.54) is 14.0 Å². The number of rotatable bonds is 4. The molecule has 2 aromatic rings. The van der Waals surface area contributed by atoms with Crippen LogP contribution in [-0.4, -0.2) is 30.1 Å². The highest BCUT2D eigenvalue weighted by molar-refractivity contribution is 5.86. The first kappa shape index (κ1) is 14.1. The average Bonchev–Trinajstić information content (AvgIpc) is 2.91. The molecule has 0 saturated carbocycles. The molecule has 2 atom stereocenters. The molecule has 1 heterocycles. The van der Waals surface area contributed by atoms with Crippen LogP contribution in [0.5, 0.6) is 0 Å². The van der Waals surface area contributed by atoms with Crippen molar-refractivity contribution in [2.45, 2.75) is 25.9 Å². The van der Waals surface area contributed by atoms with Crippen LogP contribution in [0.25, 0.3) is 10.9 Å². The second kappa shape index (κ2) is 5.77. The van der Waals surface area contributed by atoms with Crippen LogP contribution in [-0.2, 0) is 19.1 Å². The molecule has 0 radical (unpaired) electrons. The van der Waals surface area contributed by atoms with Gasteiger partial charge in [-0.25, -0.2) is 4.79 Å². The van der Waals surface area contributed by atoms with Gasteiger partial charge in [0.15, 0.2) is 0 Å². The summed E-state index contributed by atoms with van der Waals surface area (Å²) < 4.78 is 9.85. The first-order valence-corrected chi connectivity index (χ1v) is 6.35. The number of hydrogen-bond donors (Lipinski definition) is 1. The molecule has 0 aliphatic heterocycles. The Hall–Kier alpha value is -2.30. The number of esters is 2. The summed E-state index contributed by atoms with van der Waals surface area (Å²) in [5.41, 5.74) is 1.90. The van der Waals surface area contributed by atoms with Crippen molar-refractivity contribution in [3.63, 3.8) is 0 Å². The number of benzene rings is 1. The summed E-state index contributed by atoms with van der Waals surface area (Å²) in [6.07, 6.45) is 0.887. The van der Waals surface area contributed by atoms with Gasteiger partial charge < -0.3 is 14.5 Å². The minimum Gasteiger partial charge on any atom is -0.466 e. The molecule has 2 rings (SSSR count). The second-order valence-corrected chi connectivity index (χ2v) is 4.63. The van der Waals surface area contributed by atoms with Gasteiger partial charge in [-0.05, 0) is 17.7 Å². The highest BCUT2D eigenvalue weighted by atomic mass is 16.6. The van der Waals surface area contributed by atoms with Crippen molar-refractivity contribution in [1.29, 1.82) is 0 Å². The predicted octanol–water partition coefficient (Wildman–Crippen LogP) is 2.38. The number of fused-ring (bicyclic) bond motifs is 1. The topological polar surface area (TPSA) is 68.4 Å². The van der Waals surface area contributed by atoms with Crippen LogP contribution in [0.3, 0.4) is 0 Å². The molecule has 0 amide bonds. The van der Waals surface area contributed by atoms with Crippen LogP contribution in [0.4, 0.5) is 0 Å². The largest absolute Gasteiger partial charge is 0.466 e. The maximum atomic E-state index is 11.8. The second-order valence-electron chi connectivity index (χ2n) is 4.63. The fourth-order valence-electron chi connectivity index (χ4n) is 2.32. The first-order chi connectivity index (χ1) is 9.54. The molecule has 0 bridgehead atoms. The number of methoxy groups -OCH3 is 1. The van der Waals surface area contributed by atoms with Crippen molar-refractivity contribution in [3.8, 4) is 0 Å². The smallest absolute Gasteiger partial charge is 0.347 e. The molecule has 0 saturated heterocycles. The van der Waals surface area contributed by atoms with Gasteiger partial charge in [0.1, 0.15) is 0 Å². The van der Waals surface area contributed by atoms with E-state index in [2.05, 4.69) is 4.98 Å². The summed E-state index contributed by atoms with van der Waals surface area (Å²) in [6.45, 7) is 3.12. The lowest BCUT2D eigenvalue weighted by atomic mass is 9.92. The van der Waals surface area contributed by atoms with Crippen LogP contribution in [0.15, 0.2) is 30.5 Å². The number of hydrogen-bond acceptors (Lipinski definition) is 4. The molecule has 0 aliphatic rings. The third-order valence-corrected chi connectivity index (χ3v) is 3.30. The monoisotopic (exact) mass is 275 g/mol. The van der Waals surface area contributed by atoms with E-state index in [9.17, 15) is 9.59 Å². The molecule has 1 aromatic heterocycles. The number of nitrogens with one attached hydrogen (secondary N) is 1. The molecular weight excluding hydrogens is 258 g/mol. The molecule has 20 heavy (non-hydrogen) atoms. The summed E-state index contributed by atoms with van der Waals surface area (Å²) in [5.74, 6) is -1.36. The Balaban J connectivity index is 2.40. The van der Waals surface area contributed by atoms with E-state index in [0.717, 1.165) is 16.5 Å². The van der Waals surface area contributed by atoms with Crippen LogP contribution in [0.1, 0.15) is 25.3 Å². The Morgan fingerprint density at radius 2 is 2.00 bits per heavy atom. The van der Waals surface area contributed by atoms with Gasteiger partial charge in [0.05, 0.1) is 7.11 Å². The van der Waals surface area contributed by atoms with Gasteiger partial charge in [-0.3, -0.25) is 4.79 Å². The third-order valence-electron chi connectivity index (χ3n) is 3.30. The summed E-state index contributed by atoms with van der Waals surface area (Å²) in [4.78, 5) is 26.1. The third kappa shape index (κ3) is 2.66. The summed E-state index contributed by atoms with van der Waals surface area (Å²) in [7, 11) is 1.28. The highest BCUT2D eigenvalue weighted by Gasteiger charge is 2.31. The molecular formula is C15H17NO4. The maximum Gasteiger partial charge on any atom is 0.347 e. The minimum atomic E-state index is -0.946. The van der Waals surface area contributed by atoms with Gasteiger partial charge in [0.2, 0.25) is 6.10 Å². The Labute approximate surface area is 116 Å². The Morgan fingerprint density at radius 3 is 2.65 bits per heavy atom. The van der Waals surface area contributed by atoms with E-state index >= 15 is 0 Å². The normalized spacial score (nSPS) is 13.8. The number of carbonyl (C=O) groups excluding carboxylic acids is 2. The predicted molar refractivity (Wildman–Crippen MR) is 74.3 cm³/mol. The quantitative estimate of drug-likeness (QED) is 0.870. The first-order valence-electron chi connectivity index (χ1n) is 6.35. The average molecular weight is 275 g/mol. The van der Waals surface area contributed by atoms with Crippen molar-refractivity contribution in [2.24, 2.45) is 0 Å². The van der Waals surface area contributed by atoms with Crippen molar-refractivity contribution in [3.05, 3.63) is 36.0 Å². The molecule has 5 heteroatoms. The molecule has 0 unspecified atom stereocenters. The van der Waals surface area contributed by atoms with E-state index in [0.29, 0.717) is 0 Å². The molecule has 0 fully saturated rings. The summed E-state index contributed by atoms with van der Waals surface area (Å²) in [6, 6.07) is 7.70. The van der Waals surface area contributed by atoms with Crippen LogP contribution >= 0.6 is 0 Å². The van der Waals surface area contributed by atoms with Gasteiger partial charge in [-0.1, -0.05) is 19.1 Å². The van der Waals surface area contributed by atoms with E-state index < -0.39 is 18.0 Å². The van der Waals surface area contributed by atoms with Gasteiger partial charge >= 0.3 is 11.9 Å². The van der Waals surface area contributed by atoms with Crippen molar-refractivity contribution in [2.75, 3.05) is 7.11 Å². The zero-order chi connectivity index (χ0) is 14.7. The molecule has 1 N–H and O–H groups in total. The van der Waals surface area contributed by atoms with Gasteiger partial charge in [-0.15, -0.1) is 0 Å².